The molecule has 0 aliphatic heterocycles. The van der Waals surface area contributed by atoms with Crippen LogP contribution in [-0.2, 0) is 0 Å². The molecule has 0 aliphatic rings. The number of hydrogen-bond acceptors (Lipinski definition) is 3. The second kappa shape index (κ2) is 5.52. The molecule has 3 nitrogen and oxygen atoms in total. The van der Waals surface area contributed by atoms with E-state index in [-0.39, 0.29) is 5.41 Å². The third kappa shape index (κ3) is 3.72. The smallest absolute Gasteiger partial charge is 0.101 e. The summed E-state index contributed by atoms with van der Waals surface area (Å²) in [6, 6.07) is 7.95. The van der Waals surface area contributed by atoms with Crippen molar-refractivity contribution in [2.24, 2.45) is 11.1 Å². The van der Waals surface area contributed by atoms with Crippen molar-refractivity contribution in [3.63, 3.8) is 0 Å². The van der Waals surface area contributed by atoms with Gasteiger partial charge in [0.1, 0.15) is 6.07 Å². The van der Waals surface area contributed by atoms with Crippen LogP contribution in [0.4, 0.5) is 5.69 Å². The molecule has 0 fully saturated rings. The lowest BCUT2D eigenvalue weighted by Crippen LogP contribution is -2.37. The number of hydrogen-bond donors (Lipinski definition) is 1. The van der Waals surface area contributed by atoms with Gasteiger partial charge in [-0.25, -0.2) is 0 Å². The Kier molecular flexibility index (Phi) is 4.55. The molecule has 0 amide bonds. The zero-order valence-electron chi connectivity index (χ0n) is 10.5. The molecule has 0 saturated heterocycles. The van der Waals surface area contributed by atoms with E-state index in [1.54, 1.807) is 0 Å². The van der Waals surface area contributed by atoms with E-state index in [0.29, 0.717) is 12.1 Å². The van der Waals surface area contributed by atoms with Crippen molar-refractivity contribution in [2.45, 2.75) is 13.8 Å². The summed E-state index contributed by atoms with van der Waals surface area (Å²) >= 11 is 3.37. The summed E-state index contributed by atoms with van der Waals surface area (Å²) in [6.45, 7) is 5.68. The molecule has 0 aliphatic carbocycles. The monoisotopic (exact) mass is 295 g/mol. The number of nitrogens with zero attached hydrogens (tertiary/aromatic N) is 2. The van der Waals surface area contributed by atoms with E-state index >= 15 is 0 Å². The summed E-state index contributed by atoms with van der Waals surface area (Å²) in [5, 5.41) is 9.13. The van der Waals surface area contributed by atoms with Crippen LogP contribution in [0.3, 0.4) is 0 Å². The highest BCUT2D eigenvalue weighted by Crippen LogP contribution is 2.25. The lowest BCUT2D eigenvalue weighted by atomic mass is 9.93. The minimum absolute atomic E-state index is 0.0363. The predicted octanol–water partition coefficient (Wildman–Crippen LogP) is 2.74. The van der Waals surface area contributed by atoms with Crippen LogP contribution in [0.1, 0.15) is 19.4 Å². The van der Waals surface area contributed by atoms with Crippen LogP contribution >= 0.6 is 15.9 Å². The van der Waals surface area contributed by atoms with Gasteiger partial charge in [0, 0.05) is 18.1 Å². The van der Waals surface area contributed by atoms with Gasteiger partial charge in [-0.15, -0.1) is 0 Å². The number of anilines is 1. The first kappa shape index (κ1) is 14.0. The third-order valence-electron chi connectivity index (χ3n) is 2.71. The third-order valence-corrected chi connectivity index (χ3v) is 3.20. The second-order valence-corrected chi connectivity index (χ2v) is 5.91. The van der Waals surface area contributed by atoms with Crippen LogP contribution in [0.5, 0.6) is 0 Å². The van der Waals surface area contributed by atoms with Gasteiger partial charge in [-0.2, -0.15) is 5.26 Å². The van der Waals surface area contributed by atoms with Gasteiger partial charge in [0.25, 0.3) is 0 Å². The normalized spacial score (nSPS) is 11.1. The van der Waals surface area contributed by atoms with Crippen LogP contribution in [0, 0.1) is 16.7 Å². The molecule has 0 saturated carbocycles. The predicted molar refractivity (Wildman–Crippen MR) is 75.0 cm³/mol. The molecule has 17 heavy (non-hydrogen) atoms. The molecule has 1 rings (SSSR count). The number of halogens is 1. The highest BCUT2D eigenvalue weighted by molar-refractivity contribution is 9.10. The van der Waals surface area contributed by atoms with Crippen molar-refractivity contribution >= 4 is 21.6 Å². The van der Waals surface area contributed by atoms with Crippen molar-refractivity contribution in [3.8, 4) is 6.07 Å². The van der Waals surface area contributed by atoms with Crippen LogP contribution in [0.25, 0.3) is 0 Å². The Bertz CT molecular complexity index is 435. The Morgan fingerprint density at radius 1 is 1.47 bits per heavy atom. The molecule has 1 aromatic carbocycles. The molecule has 0 aromatic heterocycles. The van der Waals surface area contributed by atoms with Crippen LogP contribution in [-0.4, -0.2) is 20.1 Å². The molecule has 0 bridgehead atoms. The van der Waals surface area contributed by atoms with E-state index in [1.165, 1.54) is 0 Å². The maximum Gasteiger partial charge on any atom is 0.101 e. The molecule has 0 atom stereocenters. The summed E-state index contributed by atoms with van der Waals surface area (Å²) in [5.41, 5.74) is 7.38. The van der Waals surface area contributed by atoms with Crippen LogP contribution in [0.2, 0.25) is 0 Å². The maximum absolute atomic E-state index is 9.13. The maximum atomic E-state index is 9.13. The average molecular weight is 296 g/mol. The van der Waals surface area contributed by atoms with Crippen LogP contribution < -0.4 is 10.6 Å². The first-order chi connectivity index (χ1) is 7.89. The fourth-order valence-electron chi connectivity index (χ4n) is 1.72. The average Bonchev–Trinajstić information content (AvgIpc) is 2.28. The molecular weight excluding hydrogens is 278 g/mol. The number of nitriles is 1. The minimum Gasteiger partial charge on any atom is -0.373 e. The van der Waals surface area contributed by atoms with Crippen molar-refractivity contribution in [1.82, 2.24) is 0 Å². The number of nitrogens with two attached hydrogens (primary N) is 1. The largest absolute Gasteiger partial charge is 0.373 e. The summed E-state index contributed by atoms with van der Waals surface area (Å²) < 4.78 is 0.921. The fourth-order valence-corrected chi connectivity index (χ4v) is 2.08. The molecular formula is C13H18BrN3. The van der Waals surface area contributed by atoms with Gasteiger partial charge in [0.2, 0.25) is 0 Å². The molecule has 92 valence electrons. The van der Waals surface area contributed by atoms with E-state index in [9.17, 15) is 0 Å². The quantitative estimate of drug-likeness (QED) is 0.929. The van der Waals surface area contributed by atoms with Gasteiger partial charge in [-0.05, 0) is 30.2 Å². The lowest BCUT2D eigenvalue weighted by molar-refractivity contribution is 0.385. The Morgan fingerprint density at radius 3 is 2.65 bits per heavy atom. The van der Waals surface area contributed by atoms with Gasteiger partial charge in [0.05, 0.1) is 11.3 Å². The standard InChI is InChI=1S/C13H18BrN3/c1-13(2,8-16)9-17(3)12-5-4-11(14)6-10(12)7-15/h4-6H,8-9,16H2,1-3H3. The summed E-state index contributed by atoms with van der Waals surface area (Å²) in [4.78, 5) is 2.08. The minimum atomic E-state index is 0.0363. The van der Waals surface area contributed by atoms with Gasteiger partial charge in [0.15, 0.2) is 0 Å². The molecule has 1 aromatic rings. The van der Waals surface area contributed by atoms with Crippen molar-refractivity contribution in [2.75, 3.05) is 25.0 Å². The fraction of sp³-hybridized carbons (Fsp3) is 0.462. The SMILES string of the molecule is CN(CC(C)(C)CN)c1ccc(Br)cc1C#N. The first-order valence-electron chi connectivity index (χ1n) is 5.50. The Labute approximate surface area is 111 Å². The molecule has 4 heteroatoms. The molecule has 2 N–H and O–H groups in total. The number of benzene rings is 1. The highest BCUT2D eigenvalue weighted by atomic mass is 79.9. The van der Waals surface area contributed by atoms with Crippen molar-refractivity contribution in [3.05, 3.63) is 28.2 Å². The van der Waals surface area contributed by atoms with Crippen LogP contribution in [0.15, 0.2) is 22.7 Å². The highest BCUT2D eigenvalue weighted by Gasteiger charge is 2.19. The molecule has 0 spiro atoms. The Balaban J connectivity index is 2.97. The molecule has 0 radical (unpaired) electrons. The summed E-state index contributed by atoms with van der Waals surface area (Å²) in [7, 11) is 1.99. The van der Waals surface area contributed by atoms with Crippen molar-refractivity contribution in [1.29, 1.82) is 5.26 Å². The Hall–Kier alpha value is -1.05. The second-order valence-electron chi connectivity index (χ2n) is 5.00. The first-order valence-corrected chi connectivity index (χ1v) is 6.30. The Morgan fingerprint density at radius 2 is 2.12 bits per heavy atom. The van der Waals surface area contributed by atoms with E-state index in [4.69, 9.17) is 11.0 Å². The molecule has 0 heterocycles. The van der Waals surface area contributed by atoms with Gasteiger partial charge in [-0.3, -0.25) is 0 Å². The van der Waals surface area contributed by atoms with E-state index in [1.807, 2.05) is 25.2 Å². The zero-order valence-corrected chi connectivity index (χ0v) is 12.1. The number of rotatable bonds is 4. The topological polar surface area (TPSA) is 53.0 Å². The van der Waals surface area contributed by atoms with Gasteiger partial charge < -0.3 is 10.6 Å². The summed E-state index contributed by atoms with van der Waals surface area (Å²) in [5.74, 6) is 0. The zero-order chi connectivity index (χ0) is 13.1. The van der Waals surface area contributed by atoms with Crippen molar-refractivity contribution < 1.29 is 0 Å². The van der Waals surface area contributed by atoms with Gasteiger partial charge >= 0.3 is 0 Å². The molecule has 0 unspecified atom stereocenters. The van der Waals surface area contributed by atoms with E-state index < -0.39 is 0 Å². The van der Waals surface area contributed by atoms with Gasteiger partial charge in [-0.1, -0.05) is 29.8 Å². The summed E-state index contributed by atoms with van der Waals surface area (Å²) in [6.07, 6.45) is 0. The van der Waals surface area contributed by atoms with E-state index in [2.05, 4.69) is 40.7 Å². The lowest BCUT2D eigenvalue weighted by Gasteiger charge is -2.31. The van der Waals surface area contributed by atoms with E-state index in [0.717, 1.165) is 16.7 Å².